The maximum absolute atomic E-state index is 11.5. The van der Waals surface area contributed by atoms with Crippen molar-refractivity contribution in [1.82, 2.24) is 0 Å². The van der Waals surface area contributed by atoms with Crippen LogP contribution in [0.4, 0.5) is 0 Å². The Kier molecular flexibility index (Phi) is 2.44. The van der Waals surface area contributed by atoms with Gasteiger partial charge in [0.1, 0.15) is 0 Å². The Morgan fingerprint density at radius 1 is 1.12 bits per heavy atom. The van der Waals surface area contributed by atoms with Gasteiger partial charge in [0.15, 0.2) is 0 Å². The zero-order valence-electron chi connectivity index (χ0n) is 9.51. The molecule has 3 heteroatoms. The van der Waals surface area contributed by atoms with Gasteiger partial charge in [0, 0.05) is 6.42 Å². The molecule has 4 bridgehead atoms. The number of rotatable bonds is 3. The van der Waals surface area contributed by atoms with Crippen molar-refractivity contribution >= 4 is 12.0 Å². The Bertz CT molecular complexity index is 329. The summed E-state index contributed by atoms with van der Waals surface area (Å²) in [6.45, 7) is 0. The van der Waals surface area contributed by atoms with Crippen molar-refractivity contribution in [2.45, 2.75) is 38.5 Å². The fourth-order valence-corrected chi connectivity index (χ4v) is 4.72. The smallest absolute Gasteiger partial charge is 0.323 e. The highest BCUT2D eigenvalue weighted by Gasteiger charge is 2.48. The van der Waals surface area contributed by atoms with Gasteiger partial charge in [0.05, 0.1) is 0 Å². The quantitative estimate of drug-likeness (QED) is 0.407. The Hall–Kier alpha value is -0.950. The largest absolute Gasteiger partial charge is 0.361 e. The molecule has 86 valence electrons. The molecule has 4 aliphatic carbocycles. The highest BCUT2D eigenvalue weighted by Crippen LogP contribution is 2.57. The summed E-state index contributed by atoms with van der Waals surface area (Å²) in [6.07, 6.45) is 8.53. The van der Waals surface area contributed by atoms with Gasteiger partial charge >= 0.3 is 6.21 Å². The normalized spacial score (nSPS) is 44.1. The third-order valence-corrected chi connectivity index (χ3v) is 5.06. The third-order valence-electron chi connectivity index (χ3n) is 5.06. The molecule has 0 heterocycles. The molecule has 4 fully saturated rings. The first-order valence-corrected chi connectivity index (χ1v) is 6.46. The van der Waals surface area contributed by atoms with E-state index in [1.165, 1.54) is 32.1 Å². The van der Waals surface area contributed by atoms with Crippen LogP contribution >= 0.6 is 0 Å². The standard InChI is InChI=1S/C13H18N2O/c14-15-7-12(16)6-13-10-2-8-1-9(4-10)5-11(13)3-8/h7-11,13H,1-6H2. The predicted molar refractivity (Wildman–Crippen MR) is 59.8 cm³/mol. The van der Waals surface area contributed by atoms with E-state index in [0.29, 0.717) is 12.3 Å². The Morgan fingerprint density at radius 2 is 1.69 bits per heavy atom. The highest BCUT2D eigenvalue weighted by atomic mass is 16.1. The minimum Gasteiger partial charge on any atom is -0.361 e. The van der Waals surface area contributed by atoms with Gasteiger partial charge in [-0.15, -0.1) is 0 Å². The molecule has 4 rings (SSSR count). The van der Waals surface area contributed by atoms with E-state index < -0.39 is 0 Å². The van der Waals surface area contributed by atoms with Gasteiger partial charge in [-0.2, -0.15) is 4.79 Å². The third kappa shape index (κ3) is 1.63. The van der Waals surface area contributed by atoms with Gasteiger partial charge in [-0.1, -0.05) is 0 Å². The lowest BCUT2D eigenvalue weighted by Crippen LogP contribution is -2.45. The van der Waals surface area contributed by atoms with Crippen molar-refractivity contribution in [1.29, 1.82) is 0 Å². The van der Waals surface area contributed by atoms with E-state index in [1.54, 1.807) is 0 Å². The zero-order valence-corrected chi connectivity index (χ0v) is 9.51. The summed E-state index contributed by atoms with van der Waals surface area (Å²) in [7, 11) is 0. The first kappa shape index (κ1) is 10.2. The number of hydrogen-bond donors (Lipinski definition) is 0. The summed E-state index contributed by atoms with van der Waals surface area (Å²) in [5.74, 6) is 4.07. The lowest BCUT2D eigenvalue weighted by Gasteiger charge is -2.54. The Balaban J connectivity index is 1.72. The van der Waals surface area contributed by atoms with Gasteiger partial charge in [-0.25, -0.2) is 0 Å². The van der Waals surface area contributed by atoms with Crippen LogP contribution in [0, 0.1) is 29.6 Å². The van der Waals surface area contributed by atoms with Gasteiger partial charge in [0.25, 0.3) is 0 Å². The van der Waals surface area contributed by atoms with E-state index in [-0.39, 0.29) is 5.78 Å². The first-order valence-electron chi connectivity index (χ1n) is 6.46. The lowest BCUT2D eigenvalue weighted by atomic mass is 9.51. The lowest BCUT2D eigenvalue weighted by molar-refractivity contribution is -0.121. The molecule has 0 aromatic heterocycles. The van der Waals surface area contributed by atoms with Crippen LogP contribution in [0.15, 0.2) is 0 Å². The van der Waals surface area contributed by atoms with Crippen molar-refractivity contribution < 1.29 is 9.58 Å². The second-order valence-electron chi connectivity index (χ2n) is 6.01. The van der Waals surface area contributed by atoms with E-state index >= 15 is 0 Å². The summed E-state index contributed by atoms with van der Waals surface area (Å²) < 4.78 is 0. The minimum atomic E-state index is -0.0000246. The SMILES string of the molecule is [N-]=[N+]=CC(=O)CC1C2CC3CC(C2)CC1C3. The number of carbonyl (C=O) groups is 1. The Labute approximate surface area is 95.8 Å². The van der Waals surface area contributed by atoms with Gasteiger partial charge in [0.2, 0.25) is 5.78 Å². The van der Waals surface area contributed by atoms with E-state index in [2.05, 4.69) is 4.79 Å². The van der Waals surface area contributed by atoms with Crippen molar-refractivity contribution in [3.8, 4) is 0 Å². The molecule has 0 aliphatic heterocycles. The van der Waals surface area contributed by atoms with Crippen molar-refractivity contribution in [2.24, 2.45) is 29.6 Å². The van der Waals surface area contributed by atoms with Gasteiger partial charge in [-0.05, 0) is 61.7 Å². The van der Waals surface area contributed by atoms with E-state index in [4.69, 9.17) is 5.53 Å². The molecule has 4 aliphatic rings. The predicted octanol–water partition coefficient (Wildman–Crippen LogP) is 2.32. The molecule has 0 aromatic rings. The number of hydrogen-bond acceptors (Lipinski definition) is 1. The molecule has 3 nitrogen and oxygen atoms in total. The summed E-state index contributed by atoms with van der Waals surface area (Å²) in [5.41, 5.74) is 8.37. The summed E-state index contributed by atoms with van der Waals surface area (Å²) in [4.78, 5) is 14.4. The average Bonchev–Trinajstić information content (AvgIpc) is 2.23. The maximum Gasteiger partial charge on any atom is 0.323 e. The van der Waals surface area contributed by atoms with Crippen molar-refractivity contribution in [2.75, 3.05) is 0 Å². The van der Waals surface area contributed by atoms with E-state index in [0.717, 1.165) is 29.9 Å². The molecule has 0 atom stereocenters. The van der Waals surface area contributed by atoms with Crippen LogP contribution in [-0.2, 0) is 4.79 Å². The fraction of sp³-hybridized carbons (Fsp3) is 0.846. The van der Waals surface area contributed by atoms with Crippen LogP contribution in [0.1, 0.15) is 38.5 Å². The van der Waals surface area contributed by atoms with Crippen molar-refractivity contribution in [3.05, 3.63) is 5.53 Å². The summed E-state index contributed by atoms with van der Waals surface area (Å²) in [6, 6.07) is 0. The van der Waals surface area contributed by atoms with Crippen LogP contribution in [0.25, 0.3) is 5.53 Å². The van der Waals surface area contributed by atoms with Crippen LogP contribution in [0.2, 0.25) is 0 Å². The summed E-state index contributed by atoms with van der Waals surface area (Å²) >= 11 is 0. The van der Waals surface area contributed by atoms with Crippen LogP contribution in [0.5, 0.6) is 0 Å². The first-order chi connectivity index (χ1) is 7.76. The molecular formula is C13H18N2O. The van der Waals surface area contributed by atoms with Crippen LogP contribution in [0.3, 0.4) is 0 Å². The molecule has 0 aromatic carbocycles. The summed E-state index contributed by atoms with van der Waals surface area (Å²) in [5, 5.41) is 0. The topological polar surface area (TPSA) is 53.5 Å². The molecule has 0 saturated heterocycles. The molecule has 0 amide bonds. The maximum atomic E-state index is 11.5. The fourth-order valence-electron chi connectivity index (χ4n) is 4.72. The molecule has 16 heavy (non-hydrogen) atoms. The van der Waals surface area contributed by atoms with Gasteiger partial charge < -0.3 is 5.53 Å². The van der Waals surface area contributed by atoms with Crippen LogP contribution in [-0.4, -0.2) is 16.8 Å². The Morgan fingerprint density at radius 3 is 2.19 bits per heavy atom. The number of Topliss-reactive ketones (excluding diaryl/α,β-unsaturated/α-hetero) is 1. The number of carbonyl (C=O) groups excluding carboxylic acids is 1. The van der Waals surface area contributed by atoms with Crippen LogP contribution < -0.4 is 0 Å². The van der Waals surface area contributed by atoms with Crippen molar-refractivity contribution in [3.63, 3.8) is 0 Å². The second-order valence-corrected chi connectivity index (χ2v) is 6.01. The highest BCUT2D eigenvalue weighted by molar-refractivity contribution is 6.25. The van der Waals surface area contributed by atoms with E-state index in [1.807, 2.05) is 0 Å². The number of nitrogens with zero attached hydrogens (tertiary/aromatic N) is 2. The zero-order chi connectivity index (χ0) is 11.1. The molecule has 0 unspecified atom stereocenters. The second kappa shape index (κ2) is 3.81. The number of ketones is 1. The molecule has 0 radical (unpaired) electrons. The molecule has 0 N–H and O–H groups in total. The average molecular weight is 218 g/mol. The molecular weight excluding hydrogens is 200 g/mol. The minimum absolute atomic E-state index is 0.0000246. The van der Waals surface area contributed by atoms with Gasteiger partial charge in [-0.3, -0.25) is 4.79 Å². The monoisotopic (exact) mass is 218 g/mol. The molecule has 0 spiro atoms. The molecule has 4 saturated carbocycles. The van der Waals surface area contributed by atoms with E-state index in [9.17, 15) is 4.79 Å².